The number of nitrogens with zero attached hydrogens (tertiary/aromatic N) is 1. The number of nitrogens with one attached hydrogen (secondary N) is 1. The van der Waals surface area contributed by atoms with E-state index in [-0.39, 0.29) is 0 Å². The first-order valence-electron chi connectivity index (χ1n) is 5.67. The quantitative estimate of drug-likeness (QED) is 0.887. The van der Waals surface area contributed by atoms with Crippen molar-refractivity contribution < 1.29 is 4.74 Å². The first kappa shape index (κ1) is 12.2. The fourth-order valence-electron chi connectivity index (χ4n) is 1.74. The number of anilines is 2. The molecule has 1 N–H and O–H groups in total. The standard InChI is InChI=1S/C15H14N2O/c1-18-11-13-5-3-7-15(9-13)17-14-6-2-4-12(8-14)10-16/h2-9,17H,11H2,1H3. The predicted molar refractivity (Wildman–Crippen MR) is 71.6 cm³/mol. The summed E-state index contributed by atoms with van der Waals surface area (Å²) in [5.74, 6) is 0. The van der Waals surface area contributed by atoms with Gasteiger partial charge in [-0.1, -0.05) is 18.2 Å². The molecule has 3 nitrogen and oxygen atoms in total. The lowest BCUT2D eigenvalue weighted by molar-refractivity contribution is 0.185. The van der Waals surface area contributed by atoms with Crippen molar-refractivity contribution in [2.75, 3.05) is 12.4 Å². The smallest absolute Gasteiger partial charge is 0.0992 e. The number of methoxy groups -OCH3 is 1. The van der Waals surface area contributed by atoms with Crippen LogP contribution in [0.15, 0.2) is 48.5 Å². The molecule has 0 aliphatic carbocycles. The van der Waals surface area contributed by atoms with Gasteiger partial charge in [-0.25, -0.2) is 0 Å². The zero-order valence-corrected chi connectivity index (χ0v) is 10.2. The van der Waals surface area contributed by atoms with E-state index in [0.29, 0.717) is 12.2 Å². The minimum absolute atomic E-state index is 0.591. The van der Waals surface area contributed by atoms with Crippen LogP contribution >= 0.6 is 0 Å². The van der Waals surface area contributed by atoms with Crippen LogP contribution in [0.4, 0.5) is 11.4 Å². The lowest BCUT2D eigenvalue weighted by Crippen LogP contribution is -1.93. The summed E-state index contributed by atoms with van der Waals surface area (Å²) in [6.45, 7) is 0.591. The molecule has 3 heteroatoms. The SMILES string of the molecule is COCc1cccc(Nc2cccc(C#N)c2)c1. The molecular formula is C15H14N2O. The van der Waals surface area contributed by atoms with E-state index in [4.69, 9.17) is 10.00 Å². The summed E-state index contributed by atoms with van der Waals surface area (Å²) in [5, 5.41) is 12.1. The summed E-state index contributed by atoms with van der Waals surface area (Å²) in [4.78, 5) is 0. The zero-order valence-electron chi connectivity index (χ0n) is 10.2. The van der Waals surface area contributed by atoms with Crippen LogP contribution in [0.25, 0.3) is 0 Å². The Morgan fingerprint density at radius 1 is 1.11 bits per heavy atom. The molecule has 0 amide bonds. The number of hydrogen-bond donors (Lipinski definition) is 1. The van der Waals surface area contributed by atoms with Crippen molar-refractivity contribution >= 4 is 11.4 Å². The molecular weight excluding hydrogens is 224 g/mol. The number of benzene rings is 2. The summed E-state index contributed by atoms with van der Waals surface area (Å²) in [5.41, 5.74) is 3.65. The van der Waals surface area contributed by atoms with Crippen LogP contribution in [0.3, 0.4) is 0 Å². The molecule has 2 rings (SSSR count). The van der Waals surface area contributed by atoms with Crippen LogP contribution in [0.5, 0.6) is 0 Å². The van der Waals surface area contributed by atoms with Gasteiger partial charge in [-0.3, -0.25) is 0 Å². The summed E-state index contributed by atoms with van der Waals surface area (Å²) < 4.78 is 5.10. The molecule has 0 heterocycles. The van der Waals surface area contributed by atoms with E-state index in [1.165, 1.54) is 0 Å². The van der Waals surface area contributed by atoms with Crippen molar-refractivity contribution in [2.45, 2.75) is 6.61 Å². The molecule has 0 saturated carbocycles. The number of hydrogen-bond acceptors (Lipinski definition) is 3. The third-order valence-electron chi connectivity index (χ3n) is 2.52. The normalized spacial score (nSPS) is 9.78. The van der Waals surface area contributed by atoms with Crippen LogP contribution < -0.4 is 5.32 Å². The molecule has 0 aliphatic heterocycles. The van der Waals surface area contributed by atoms with Gasteiger partial charge in [0.15, 0.2) is 0 Å². The second-order valence-electron chi connectivity index (χ2n) is 3.95. The second-order valence-corrected chi connectivity index (χ2v) is 3.95. The molecule has 0 bridgehead atoms. The van der Waals surface area contributed by atoms with Gasteiger partial charge in [0.2, 0.25) is 0 Å². The Hall–Kier alpha value is -2.31. The topological polar surface area (TPSA) is 45.0 Å². The van der Waals surface area contributed by atoms with Gasteiger partial charge in [0.05, 0.1) is 18.2 Å². The van der Waals surface area contributed by atoms with Crippen molar-refractivity contribution in [2.24, 2.45) is 0 Å². The van der Waals surface area contributed by atoms with E-state index in [1.807, 2.05) is 42.5 Å². The number of ether oxygens (including phenoxy) is 1. The fourth-order valence-corrected chi connectivity index (χ4v) is 1.74. The van der Waals surface area contributed by atoms with Gasteiger partial charge in [-0.2, -0.15) is 5.26 Å². The third-order valence-corrected chi connectivity index (χ3v) is 2.52. The van der Waals surface area contributed by atoms with Crippen molar-refractivity contribution in [3.63, 3.8) is 0 Å². The van der Waals surface area contributed by atoms with E-state index >= 15 is 0 Å². The highest BCUT2D eigenvalue weighted by Gasteiger charge is 1.98. The molecule has 0 aliphatic rings. The Labute approximate surface area is 107 Å². The molecule has 0 fully saturated rings. The average Bonchev–Trinajstić information content (AvgIpc) is 2.40. The first-order chi connectivity index (χ1) is 8.81. The van der Waals surface area contributed by atoms with Gasteiger partial charge in [0, 0.05) is 18.5 Å². The Kier molecular flexibility index (Phi) is 3.95. The monoisotopic (exact) mass is 238 g/mol. The van der Waals surface area contributed by atoms with Crippen LogP contribution in [0, 0.1) is 11.3 Å². The van der Waals surface area contributed by atoms with Crippen molar-refractivity contribution in [1.82, 2.24) is 0 Å². The van der Waals surface area contributed by atoms with E-state index in [2.05, 4.69) is 11.4 Å². The maximum absolute atomic E-state index is 8.85. The molecule has 0 atom stereocenters. The molecule has 0 unspecified atom stereocenters. The number of rotatable bonds is 4. The van der Waals surface area contributed by atoms with Gasteiger partial charge in [0.1, 0.15) is 0 Å². The van der Waals surface area contributed by atoms with E-state index < -0.39 is 0 Å². The lowest BCUT2D eigenvalue weighted by Gasteiger charge is -2.08. The molecule has 0 radical (unpaired) electrons. The molecule has 0 aromatic heterocycles. The largest absolute Gasteiger partial charge is 0.380 e. The van der Waals surface area contributed by atoms with Crippen molar-refractivity contribution in [1.29, 1.82) is 5.26 Å². The van der Waals surface area contributed by atoms with E-state index in [9.17, 15) is 0 Å². The molecule has 18 heavy (non-hydrogen) atoms. The minimum atomic E-state index is 0.591. The van der Waals surface area contributed by atoms with Crippen LogP contribution in [0.2, 0.25) is 0 Å². The maximum Gasteiger partial charge on any atom is 0.0992 e. The van der Waals surface area contributed by atoms with Gasteiger partial charge < -0.3 is 10.1 Å². The summed E-state index contributed by atoms with van der Waals surface area (Å²) in [6.07, 6.45) is 0. The Balaban J connectivity index is 2.18. The van der Waals surface area contributed by atoms with Gasteiger partial charge >= 0.3 is 0 Å². The predicted octanol–water partition coefficient (Wildman–Crippen LogP) is 3.45. The van der Waals surface area contributed by atoms with Crippen molar-refractivity contribution in [3.05, 3.63) is 59.7 Å². The molecule has 2 aromatic carbocycles. The fraction of sp³-hybridized carbons (Fsp3) is 0.133. The molecule has 90 valence electrons. The number of nitriles is 1. The maximum atomic E-state index is 8.85. The Bertz CT molecular complexity index is 573. The zero-order chi connectivity index (χ0) is 12.8. The minimum Gasteiger partial charge on any atom is -0.380 e. The van der Waals surface area contributed by atoms with Gasteiger partial charge in [-0.05, 0) is 35.9 Å². The summed E-state index contributed by atoms with van der Waals surface area (Å²) in [6, 6.07) is 17.5. The lowest BCUT2D eigenvalue weighted by atomic mass is 10.2. The van der Waals surface area contributed by atoms with Gasteiger partial charge in [0.25, 0.3) is 0 Å². The summed E-state index contributed by atoms with van der Waals surface area (Å²) >= 11 is 0. The van der Waals surface area contributed by atoms with E-state index in [1.54, 1.807) is 13.2 Å². The third kappa shape index (κ3) is 3.09. The molecule has 2 aromatic rings. The highest BCUT2D eigenvalue weighted by molar-refractivity contribution is 5.61. The average molecular weight is 238 g/mol. The Morgan fingerprint density at radius 2 is 1.83 bits per heavy atom. The summed E-state index contributed by atoms with van der Waals surface area (Å²) in [7, 11) is 1.68. The highest BCUT2D eigenvalue weighted by atomic mass is 16.5. The second kappa shape index (κ2) is 5.85. The first-order valence-corrected chi connectivity index (χ1v) is 5.67. The van der Waals surface area contributed by atoms with E-state index in [0.717, 1.165) is 16.9 Å². The molecule has 0 spiro atoms. The highest BCUT2D eigenvalue weighted by Crippen LogP contribution is 2.18. The van der Waals surface area contributed by atoms with Crippen molar-refractivity contribution in [3.8, 4) is 6.07 Å². The van der Waals surface area contributed by atoms with Gasteiger partial charge in [-0.15, -0.1) is 0 Å². The molecule has 0 saturated heterocycles. The van der Waals surface area contributed by atoms with Crippen LogP contribution in [0.1, 0.15) is 11.1 Å². The van der Waals surface area contributed by atoms with Crippen LogP contribution in [-0.2, 0) is 11.3 Å². The van der Waals surface area contributed by atoms with Crippen LogP contribution in [-0.4, -0.2) is 7.11 Å². The Morgan fingerprint density at radius 3 is 2.56 bits per heavy atom.